The fraction of sp³-hybridized carbons (Fsp3) is 0.381. The highest BCUT2D eigenvalue weighted by atomic mass is 16.5. The Kier molecular flexibility index (Phi) is 7.80. The number of hydrogen-bond acceptors (Lipinski definition) is 4. The molecule has 0 aliphatic heterocycles. The Morgan fingerprint density at radius 1 is 1.00 bits per heavy atom. The van der Waals surface area contributed by atoms with E-state index in [2.05, 4.69) is 12.2 Å². The van der Waals surface area contributed by atoms with Gasteiger partial charge in [-0.25, -0.2) is 0 Å². The second-order valence-corrected chi connectivity index (χ2v) is 5.95. The van der Waals surface area contributed by atoms with E-state index in [0.29, 0.717) is 18.9 Å². The molecule has 0 fully saturated rings. The normalized spacial score (nSPS) is 10.3. The molecular weight excluding hydrogens is 330 g/mol. The summed E-state index contributed by atoms with van der Waals surface area (Å²) in [6.45, 7) is 3.22. The van der Waals surface area contributed by atoms with Crippen molar-refractivity contribution in [1.82, 2.24) is 5.32 Å². The summed E-state index contributed by atoms with van der Waals surface area (Å²) in [7, 11) is 3.22. The van der Waals surface area contributed by atoms with Crippen LogP contribution in [-0.4, -0.2) is 26.7 Å². The number of unbranched alkanes of at least 4 members (excludes halogenated alkanes) is 1. The van der Waals surface area contributed by atoms with Crippen molar-refractivity contribution in [3.63, 3.8) is 0 Å². The third-order valence-electron chi connectivity index (χ3n) is 4.02. The Balaban J connectivity index is 1.93. The van der Waals surface area contributed by atoms with Gasteiger partial charge in [-0.2, -0.15) is 0 Å². The summed E-state index contributed by atoms with van der Waals surface area (Å²) in [5.41, 5.74) is 1.82. The van der Waals surface area contributed by atoms with Crippen LogP contribution in [0.2, 0.25) is 0 Å². The van der Waals surface area contributed by atoms with Crippen molar-refractivity contribution in [1.29, 1.82) is 0 Å². The maximum absolute atomic E-state index is 12.2. The van der Waals surface area contributed by atoms with Crippen LogP contribution in [-0.2, 0) is 17.8 Å². The number of benzene rings is 2. The predicted octanol–water partition coefficient (Wildman–Crippen LogP) is 3.74. The average Bonchev–Trinajstić information content (AvgIpc) is 2.67. The van der Waals surface area contributed by atoms with Crippen LogP contribution in [0.3, 0.4) is 0 Å². The summed E-state index contributed by atoms with van der Waals surface area (Å²) in [5, 5.41) is 2.93. The molecule has 1 N–H and O–H groups in total. The maximum Gasteiger partial charge on any atom is 0.224 e. The molecule has 1 amide bonds. The molecule has 5 nitrogen and oxygen atoms in total. The zero-order valence-corrected chi connectivity index (χ0v) is 15.7. The number of hydrogen-bond donors (Lipinski definition) is 1. The van der Waals surface area contributed by atoms with Gasteiger partial charge in [-0.05, 0) is 30.2 Å². The number of methoxy groups -OCH3 is 2. The molecule has 2 rings (SSSR count). The van der Waals surface area contributed by atoms with Gasteiger partial charge in [0, 0.05) is 12.1 Å². The first kappa shape index (κ1) is 19.6. The Bertz CT molecular complexity index is 715. The molecule has 26 heavy (non-hydrogen) atoms. The van der Waals surface area contributed by atoms with E-state index in [4.69, 9.17) is 14.2 Å². The van der Waals surface area contributed by atoms with Gasteiger partial charge in [0.15, 0.2) is 11.5 Å². The van der Waals surface area contributed by atoms with E-state index >= 15 is 0 Å². The van der Waals surface area contributed by atoms with Gasteiger partial charge in [0.05, 0.1) is 27.2 Å². The summed E-state index contributed by atoms with van der Waals surface area (Å²) in [4.78, 5) is 12.2. The van der Waals surface area contributed by atoms with Gasteiger partial charge in [-0.1, -0.05) is 37.6 Å². The minimum Gasteiger partial charge on any atom is -0.496 e. The molecule has 0 atom stereocenters. The third kappa shape index (κ3) is 5.69. The van der Waals surface area contributed by atoms with Crippen LogP contribution in [0.5, 0.6) is 17.2 Å². The van der Waals surface area contributed by atoms with Gasteiger partial charge >= 0.3 is 0 Å². The molecule has 0 heterocycles. The van der Waals surface area contributed by atoms with Crippen molar-refractivity contribution in [3.05, 3.63) is 53.6 Å². The minimum absolute atomic E-state index is 0.0586. The predicted molar refractivity (Wildman–Crippen MR) is 102 cm³/mol. The van der Waals surface area contributed by atoms with E-state index in [1.807, 2.05) is 42.5 Å². The molecule has 2 aromatic rings. The first-order valence-electron chi connectivity index (χ1n) is 8.86. The number of para-hydroxylation sites is 1. The molecule has 140 valence electrons. The molecule has 0 saturated heterocycles. The zero-order valence-electron chi connectivity index (χ0n) is 15.7. The number of nitrogens with one attached hydrogen (secondary N) is 1. The number of rotatable bonds is 10. The second kappa shape index (κ2) is 10.3. The Morgan fingerprint density at radius 3 is 2.50 bits per heavy atom. The smallest absolute Gasteiger partial charge is 0.224 e. The largest absolute Gasteiger partial charge is 0.496 e. The zero-order chi connectivity index (χ0) is 18.8. The number of amides is 1. The van der Waals surface area contributed by atoms with Gasteiger partial charge in [0.1, 0.15) is 5.75 Å². The monoisotopic (exact) mass is 357 g/mol. The van der Waals surface area contributed by atoms with E-state index in [9.17, 15) is 4.79 Å². The molecule has 0 aromatic heterocycles. The van der Waals surface area contributed by atoms with Crippen molar-refractivity contribution < 1.29 is 19.0 Å². The Labute approximate surface area is 155 Å². The minimum atomic E-state index is -0.0586. The van der Waals surface area contributed by atoms with Crippen LogP contribution in [0.15, 0.2) is 42.5 Å². The highest BCUT2D eigenvalue weighted by Gasteiger charge is 2.10. The van der Waals surface area contributed by atoms with E-state index in [0.717, 1.165) is 35.5 Å². The number of ether oxygens (including phenoxy) is 3. The lowest BCUT2D eigenvalue weighted by atomic mass is 10.1. The first-order valence-corrected chi connectivity index (χ1v) is 8.86. The molecule has 0 spiro atoms. The lowest BCUT2D eigenvalue weighted by molar-refractivity contribution is -0.120. The molecule has 5 heteroatoms. The third-order valence-corrected chi connectivity index (χ3v) is 4.02. The highest BCUT2D eigenvalue weighted by molar-refractivity contribution is 5.79. The van der Waals surface area contributed by atoms with Crippen LogP contribution >= 0.6 is 0 Å². The fourth-order valence-electron chi connectivity index (χ4n) is 2.55. The quantitative estimate of drug-likeness (QED) is 0.658. The highest BCUT2D eigenvalue weighted by Crippen LogP contribution is 2.28. The second-order valence-electron chi connectivity index (χ2n) is 5.95. The van der Waals surface area contributed by atoms with Crippen molar-refractivity contribution in [2.45, 2.75) is 32.7 Å². The number of carbonyl (C=O) groups excluding carboxylic acids is 1. The van der Waals surface area contributed by atoms with Crippen LogP contribution in [0, 0.1) is 0 Å². The molecule has 0 bridgehead atoms. The van der Waals surface area contributed by atoms with Crippen LogP contribution in [0.4, 0.5) is 0 Å². The van der Waals surface area contributed by atoms with Crippen LogP contribution in [0.25, 0.3) is 0 Å². The van der Waals surface area contributed by atoms with Gasteiger partial charge in [0.25, 0.3) is 0 Å². The van der Waals surface area contributed by atoms with E-state index < -0.39 is 0 Å². The average molecular weight is 357 g/mol. The van der Waals surface area contributed by atoms with Crippen molar-refractivity contribution in [3.8, 4) is 17.2 Å². The molecule has 0 aliphatic rings. The molecule has 0 aliphatic carbocycles. The summed E-state index contributed by atoms with van der Waals surface area (Å²) >= 11 is 0. The molecule has 2 aromatic carbocycles. The number of carbonyl (C=O) groups is 1. The van der Waals surface area contributed by atoms with Crippen LogP contribution in [0.1, 0.15) is 30.9 Å². The standard InChI is InChI=1S/C21H27NO4/c1-4-5-12-26-19-11-10-16(13-20(19)25-3)15-22-21(23)14-17-8-6-7-9-18(17)24-2/h6-11,13H,4-5,12,14-15H2,1-3H3,(H,22,23). The topological polar surface area (TPSA) is 56.8 Å². The molecule has 0 radical (unpaired) electrons. The van der Waals surface area contributed by atoms with Gasteiger partial charge in [-0.15, -0.1) is 0 Å². The van der Waals surface area contributed by atoms with Gasteiger partial charge in [-0.3, -0.25) is 4.79 Å². The van der Waals surface area contributed by atoms with Gasteiger partial charge in [0.2, 0.25) is 5.91 Å². The van der Waals surface area contributed by atoms with Crippen molar-refractivity contribution in [2.24, 2.45) is 0 Å². The summed E-state index contributed by atoms with van der Waals surface area (Å²) < 4.78 is 16.4. The molecule has 0 unspecified atom stereocenters. The Hall–Kier alpha value is -2.69. The summed E-state index contributed by atoms with van der Waals surface area (Å²) in [6, 6.07) is 13.2. The Morgan fingerprint density at radius 2 is 1.77 bits per heavy atom. The summed E-state index contributed by atoms with van der Waals surface area (Å²) in [5.74, 6) is 2.07. The lowest BCUT2D eigenvalue weighted by Crippen LogP contribution is -2.24. The van der Waals surface area contributed by atoms with E-state index in [-0.39, 0.29) is 12.3 Å². The van der Waals surface area contributed by atoms with Crippen molar-refractivity contribution in [2.75, 3.05) is 20.8 Å². The SMILES string of the molecule is CCCCOc1ccc(CNC(=O)Cc2ccccc2OC)cc1OC. The molecular formula is C21H27NO4. The van der Waals surface area contributed by atoms with Gasteiger partial charge < -0.3 is 19.5 Å². The van der Waals surface area contributed by atoms with Crippen molar-refractivity contribution >= 4 is 5.91 Å². The molecule has 0 saturated carbocycles. The lowest BCUT2D eigenvalue weighted by Gasteiger charge is -2.13. The van der Waals surface area contributed by atoms with Crippen LogP contribution < -0.4 is 19.5 Å². The van der Waals surface area contributed by atoms with E-state index in [1.54, 1.807) is 14.2 Å². The van der Waals surface area contributed by atoms with E-state index in [1.165, 1.54) is 0 Å². The fourth-order valence-corrected chi connectivity index (χ4v) is 2.55. The summed E-state index contributed by atoms with van der Waals surface area (Å²) in [6.07, 6.45) is 2.36. The maximum atomic E-state index is 12.2. The first-order chi connectivity index (χ1) is 12.7.